The van der Waals surface area contributed by atoms with Crippen LogP contribution in [0.15, 0.2) is 30.3 Å². The zero-order chi connectivity index (χ0) is 11.6. The van der Waals surface area contributed by atoms with E-state index in [1.807, 2.05) is 0 Å². The van der Waals surface area contributed by atoms with Crippen LogP contribution in [0, 0.1) is 0 Å². The van der Waals surface area contributed by atoms with Crippen molar-refractivity contribution in [1.29, 1.82) is 0 Å². The second-order valence-corrected chi connectivity index (χ2v) is 7.06. The molecule has 17 heavy (non-hydrogen) atoms. The van der Waals surface area contributed by atoms with Crippen LogP contribution >= 0.6 is 0 Å². The quantitative estimate of drug-likeness (QED) is 0.796. The van der Waals surface area contributed by atoms with Gasteiger partial charge in [-0.2, -0.15) is 0 Å². The normalized spacial score (nSPS) is 32.4. The van der Waals surface area contributed by atoms with E-state index >= 15 is 0 Å². The first-order chi connectivity index (χ1) is 8.36. The van der Waals surface area contributed by atoms with Gasteiger partial charge in [0.1, 0.15) is 0 Å². The summed E-state index contributed by atoms with van der Waals surface area (Å²) in [5, 5.41) is 1.18. The van der Waals surface area contributed by atoms with Crippen LogP contribution in [0.1, 0.15) is 25.7 Å². The average Bonchev–Trinajstić information content (AvgIpc) is 2.99. The fraction of sp³-hybridized carbons (Fsp3) is 0.571. The van der Waals surface area contributed by atoms with E-state index in [9.17, 15) is 0 Å². The molecule has 2 atom stereocenters. The Labute approximate surface area is 109 Å². The van der Waals surface area contributed by atoms with Gasteiger partial charge in [0.05, 0.1) is 0 Å². The molecule has 2 saturated heterocycles. The molecule has 2 heterocycles. The van der Waals surface area contributed by atoms with Crippen molar-refractivity contribution >= 4 is 19.4 Å². The predicted molar refractivity (Wildman–Crippen MR) is 68.7 cm³/mol. The SMILES string of the molecule is c1ccc([Se]C[C@@H]2CC[C@@]3(CCCO3)O2)cc1. The van der Waals surface area contributed by atoms with Crippen LogP contribution in [0.5, 0.6) is 0 Å². The summed E-state index contributed by atoms with van der Waals surface area (Å²) < 4.78 is 13.4. The van der Waals surface area contributed by atoms with Crippen LogP contribution in [-0.2, 0) is 9.47 Å². The van der Waals surface area contributed by atoms with Gasteiger partial charge in [-0.25, -0.2) is 0 Å². The Morgan fingerprint density at radius 1 is 1.24 bits per heavy atom. The summed E-state index contributed by atoms with van der Waals surface area (Å²) in [6.45, 7) is 0.885. The van der Waals surface area contributed by atoms with Gasteiger partial charge in [-0.1, -0.05) is 0 Å². The molecule has 3 rings (SSSR count). The third kappa shape index (κ3) is 2.74. The molecule has 2 aliphatic heterocycles. The van der Waals surface area contributed by atoms with E-state index in [2.05, 4.69) is 30.3 Å². The minimum atomic E-state index is -0.183. The van der Waals surface area contributed by atoms with E-state index in [-0.39, 0.29) is 5.79 Å². The van der Waals surface area contributed by atoms with Crippen molar-refractivity contribution in [2.45, 2.75) is 42.9 Å². The van der Waals surface area contributed by atoms with Gasteiger partial charge < -0.3 is 0 Å². The van der Waals surface area contributed by atoms with E-state index < -0.39 is 0 Å². The molecule has 0 radical (unpaired) electrons. The second-order valence-electron chi connectivity index (χ2n) is 4.77. The van der Waals surface area contributed by atoms with Crippen molar-refractivity contribution < 1.29 is 9.47 Å². The van der Waals surface area contributed by atoms with Crippen LogP contribution < -0.4 is 4.46 Å². The van der Waals surface area contributed by atoms with Crippen molar-refractivity contribution in [3.63, 3.8) is 0 Å². The summed E-state index contributed by atoms with van der Waals surface area (Å²) in [4.78, 5) is 0. The van der Waals surface area contributed by atoms with Crippen LogP contribution in [-0.4, -0.2) is 33.5 Å². The molecule has 1 aromatic rings. The Morgan fingerprint density at radius 3 is 2.88 bits per heavy atom. The van der Waals surface area contributed by atoms with Gasteiger partial charge >= 0.3 is 109 Å². The summed E-state index contributed by atoms with van der Waals surface area (Å²) in [7, 11) is 0. The van der Waals surface area contributed by atoms with Crippen LogP contribution in [0.2, 0.25) is 5.32 Å². The van der Waals surface area contributed by atoms with E-state index in [1.54, 1.807) is 0 Å². The Bertz CT molecular complexity index is 360. The van der Waals surface area contributed by atoms with Gasteiger partial charge in [-0.05, 0) is 0 Å². The molecule has 3 heteroatoms. The molecule has 2 fully saturated rings. The standard InChI is InChI=1S/C14H18O2Se/c1-2-5-13(6-3-1)17-11-12-7-9-14(16-12)8-4-10-15-14/h1-3,5-6,12H,4,7-11H2/t12-,14+/m0/s1. The number of hydrogen-bond donors (Lipinski definition) is 0. The zero-order valence-corrected chi connectivity index (χ0v) is 11.6. The van der Waals surface area contributed by atoms with Gasteiger partial charge in [-0.15, -0.1) is 0 Å². The first-order valence-electron chi connectivity index (χ1n) is 6.36. The average molecular weight is 297 g/mol. The molecule has 0 saturated carbocycles. The molecule has 0 bridgehead atoms. The van der Waals surface area contributed by atoms with Crippen LogP contribution in [0.3, 0.4) is 0 Å². The fourth-order valence-electron chi connectivity index (χ4n) is 2.59. The Morgan fingerprint density at radius 2 is 2.12 bits per heavy atom. The monoisotopic (exact) mass is 298 g/mol. The van der Waals surface area contributed by atoms with E-state index in [1.165, 1.54) is 16.2 Å². The van der Waals surface area contributed by atoms with Gasteiger partial charge in [0.2, 0.25) is 0 Å². The van der Waals surface area contributed by atoms with Crippen LogP contribution in [0.25, 0.3) is 0 Å². The van der Waals surface area contributed by atoms with Crippen molar-refractivity contribution in [2.24, 2.45) is 0 Å². The molecular formula is C14H18O2Se. The van der Waals surface area contributed by atoms with Gasteiger partial charge in [0.25, 0.3) is 0 Å². The summed E-state index contributed by atoms with van der Waals surface area (Å²) in [5.74, 6) is -0.183. The Kier molecular flexibility index (Phi) is 3.53. The molecule has 0 N–H and O–H groups in total. The van der Waals surface area contributed by atoms with E-state index in [0.29, 0.717) is 21.1 Å². The molecule has 1 aromatic carbocycles. The zero-order valence-electron chi connectivity index (χ0n) is 9.93. The summed E-state index contributed by atoms with van der Waals surface area (Å²) in [6.07, 6.45) is 4.96. The molecular weight excluding hydrogens is 279 g/mol. The first kappa shape index (κ1) is 11.7. The summed E-state index contributed by atoms with van der Waals surface area (Å²) in [6, 6.07) is 10.8. The molecule has 0 amide bonds. The summed E-state index contributed by atoms with van der Waals surface area (Å²) >= 11 is 0.538. The van der Waals surface area contributed by atoms with Crippen LogP contribution in [0.4, 0.5) is 0 Å². The number of ether oxygens (including phenoxy) is 2. The summed E-state index contributed by atoms with van der Waals surface area (Å²) in [5.41, 5.74) is 0. The number of rotatable bonds is 3. The van der Waals surface area contributed by atoms with E-state index in [0.717, 1.165) is 25.9 Å². The third-order valence-electron chi connectivity index (χ3n) is 3.47. The maximum atomic E-state index is 6.13. The molecule has 2 nitrogen and oxygen atoms in total. The molecule has 0 unspecified atom stereocenters. The predicted octanol–water partition coefficient (Wildman–Crippen LogP) is 2.12. The minimum absolute atomic E-state index is 0.183. The van der Waals surface area contributed by atoms with E-state index in [4.69, 9.17) is 9.47 Å². The van der Waals surface area contributed by atoms with Gasteiger partial charge in [0, 0.05) is 0 Å². The number of benzene rings is 1. The molecule has 2 aliphatic rings. The Balaban J connectivity index is 1.51. The Hall–Kier alpha value is -0.341. The molecule has 92 valence electrons. The van der Waals surface area contributed by atoms with Gasteiger partial charge in [0.15, 0.2) is 0 Å². The van der Waals surface area contributed by atoms with Crippen molar-refractivity contribution in [3.8, 4) is 0 Å². The fourth-order valence-corrected chi connectivity index (χ4v) is 4.61. The second kappa shape index (κ2) is 5.11. The maximum absolute atomic E-state index is 6.13. The van der Waals surface area contributed by atoms with Crippen molar-refractivity contribution in [3.05, 3.63) is 30.3 Å². The molecule has 0 aromatic heterocycles. The topological polar surface area (TPSA) is 18.5 Å². The molecule has 0 aliphatic carbocycles. The molecule has 1 spiro atoms. The van der Waals surface area contributed by atoms with Crippen molar-refractivity contribution in [1.82, 2.24) is 0 Å². The third-order valence-corrected chi connectivity index (χ3v) is 5.87. The first-order valence-corrected chi connectivity index (χ1v) is 8.43. The number of hydrogen-bond acceptors (Lipinski definition) is 2. The van der Waals surface area contributed by atoms with Gasteiger partial charge in [-0.3, -0.25) is 0 Å². The van der Waals surface area contributed by atoms with Crippen molar-refractivity contribution in [2.75, 3.05) is 6.61 Å².